The molecule has 0 aliphatic carbocycles. The standard InChI is InChI=1S/C17H28O4S3/c1-3-4-5-6-7-8-13-23-24(18,19)15-22-21-20-14-17-11-9-16(2)10-12-17/h9-12H,3-8,13-15H2,1-2H3. The molecule has 0 amide bonds. The van der Waals surface area contributed by atoms with Gasteiger partial charge in [0.05, 0.1) is 0 Å². The number of benzene rings is 1. The van der Waals surface area contributed by atoms with Crippen LogP contribution in [0, 0.1) is 6.92 Å². The number of hydrogen-bond acceptors (Lipinski definition) is 6. The van der Waals surface area contributed by atoms with Crippen molar-refractivity contribution >= 4 is 31.7 Å². The van der Waals surface area contributed by atoms with E-state index >= 15 is 0 Å². The van der Waals surface area contributed by atoms with E-state index in [2.05, 4.69) is 6.92 Å². The van der Waals surface area contributed by atoms with Crippen molar-refractivity contribution in [3.05, 3.63) is 35.4 Å². The predicted molar refractivity (Wildman–Crippen MR) is 104 cm³/mol. The van der Waals surface area contributed by atoms with Crippen molar-refractivity contribution in [2.24, 2.45) is 0 Å². The van der Waals surface area contributed by atoms with Crippen LogP contribution in [0.15, 0.2) is 24.3 Å². The van der Waals surface area contributed by atoms with Crippen LogP contribution in [-0.4, -0.2) is 19.3 Å². The fraction of sp³-hybridized carbons (Fsp3) is 0.647. The Morgan fingerprint density at radius 1 is 1.00 bits per heavy atom. The number of unbranched alkanes of at least 4 members (excludes halogenated alkanes) is 5. The summed E-state index contributed by atoms with van der Waals surface area (Å²) in [6, 6.07) is 7.90. The van der Waals surface area contributed by atoms with Gasteiger partial charge in [-0.3, -0.25) is 0 Å². The van der Waals surface area contributed by atoms with Gasteiger partial charge in [0.1, 0.15) is 11.7 Å². The highest BCUT2D eigenvalue weighted by Gasteiger charge is 2.12. The first-order valence-corrected chi connectivity index (χ1v) is 12.4. The fourth-order valence-corrected chi connectivity index (χ4v) is 5.67. The van der Waals surface area contributed by atoms with Gasteiger partial charge in [0.25, 0.3) is 0 Å². The second kappa shape index (κ2) is 13.1. The van der Waals surface area contributed by atoms with Crippen molar-refractivity contribution in [3.8, 4) is 0 Å². The van der Waals surface area contributed by atoms with Crippen LogP contribution in [0.5, 0.6) is 0 Å². The van der Waals surface area contributed by atoms with Crippen LogP contribution >= 0.6 is 22.8 Å². The van der Waals surface area contributed by atoms with Crippen LogP contribution in [0.1, 0.15) is 56.6 Å². The summed E-state index contributed by atoms with van der Waals surface area (Å²) in [4.78, 5) is 5.02. The molecule has 0 spiro atoms. The lowest BCUT2D eigenvalue weighted by molar-refractivity contribution is -0.201. The second-order valence-corrected chi connectivity index (χ2v) is 11.0. The average molecular weight is 393 g/mol. The van der Waals surface area contributed by atoms with E-state index in [9.17, 15) is 8.42 Å². The molecule has 4 nitrogen and oxygen atoms in total. The fourth-order valence-electron chi connectivity index (χ4n) is 1.99. The zero-order valence-corrected chi connectivity index (χ0v) is 17.0. The summed E-state index contributed by atoms with van der Waals surface area (Å²) in [5.41, 5.74) is 2.17. The lowest BCUT2D eigenvalue weighted by Crippen LogP contribution is -2.00. The zero-order valence-electron chi connectivity index (χ0n) is 14.5. The maximum Gasteiger partial charge on any atom is 0.213 e. The molecule has 0 bridgehead atoms. The molecule has 1 rings (SSSR count). The van der Waals surface area contributed by atoms with Gasteiger partial charge >= 0.3 is 0 Å². The molecular formula is C17H28O4S3. The highest BCUT2D eigenvalue weighted by molar-refractivity contribution is 8.73. The largest absolute Gasteiger partial charge is 0.219 e. The van der Waals surface area contributed by atoms with Crippen LogP contribution in [0.4, 0.5) is 0 Å². The normalized spacial score (nSPS) is 11.8. The summed E-state index contributed by atoms with van der Waals surface area (Å²) in [6.45, 7) is 4.51. The average Bonchev–Trinajstić information content (AvgIpc) is 2.55. The van der Waals surface area contributed by atoms with Crippen molar-refractivity contribution in [3.63, 3.8) is 0 Å². The highest BCUT2D eigenvalue weighted by Crippen LogP contribution is 2.21. The lowest BCUT2D eigenvalue weighted by atomic mass is 10.1. The molecule has 138 valence electrons. The molecule has 0 aromatic heterocycles. The Bertz CT molecular complexity index is 529. The molecule has 24 heavy (non-hydrogen) atoms. The molecule has 0 saturated carbocycles. The summed E-state index contributed by atoms with van der Waals surface area (Å²) in [6.07, 6.45) is 6.98. The Labute approximate surface area is 154 Å². The maximum absolute atomic E-state index is 11.8. The number of rotatable bonds is 14. The van der Waals surface area contributed by atoms with Crippen molar-refractivity contribution in [1.82, 2.24) is 0 Å². The predicted octanol–water partition coefficient (Wildman–Crippen LogP) is 5.47. The highest BCUT2D eigenvalue weighted by atomic mass is 33.1. The van der Waals surface area contributed by atoms with E-state index in [1.165, 1.54) is 31.2 Å². The molecule has 0 unspecified atom stereocenters. The van der Waals surface area contributed by atoms with Gasteiger partial charge in [0.2, 0.25) is 8.87 Å². The minimum absolute atomic E-state index is 0.0958. The Balaban J connectivity index is 2.03. The Kier molecular flexibility index (Phi) is 11.9. The number of hydrogen-bond donors (Lipinski definition) is 0. The van der Waals surface area contributed by atoms with E-state index in [-0.39, 0.29) is 5.08 Å². The van der Waals surface area contributed by atoms with Gasteiger partial charge in [-0.2, -0.15) is 4.33 Å². The molecule has 0 N–H and O–H groups in total. The van der Waals surface area contributed by atoms with Crippen molar-refractivity contribution in [1.29, 1.82) is 0 Å². The van der Waals surface area contributed by atoms with Gasteiger partial charge in [-0.15, -0.1) is 0 Å². The third-order valence-electron chi connectivity index (χ3n) is 3.40. The molecule has 1 aromatic rings. The molecule has 0 aliphatic heterocycles. The van der Waals surface area contributed by atoms with E-state index in [1.807, 2.05) is 31.2 Å². The summed E-state index contributed by atoms with van der Waals surface area (Å²) < 4.78 is 28.6. The molecule has 1 aromatic carbocycles. The van der Waals surface area contributed by atoms with Gasteiger partial charge in [-0.05, 0) is 29.7 Å². The summed E-state index contributed by atoms with van der Waals surface area (Å²) in [5, 5.41) is -0.0958. The van der Waals surface area contributed by atoms with Crippen LogP contribution in [0.2, 0.25) is 0 Å². The molecule has 7 heteroatoms. The van der Waals surface area contributed by atoms with E-state index in [4.69, 9.17) is 9.22 Å². The summed E-state index contributed by atoms with van der Waals surface area (Å²) in [7, 11) is -2.14. The van der Waals surface area contributed by atoms with Crippen molar-refractivity contribution in [2.45, 2.75) is 59.0 Å². The molecule has 0 saturated heterocycles. The van der Waals surface area contributed by atoms with Gasteiger partial charge < -0.3 is 0 Å². The van der Waals surface area contributed by atoms with Gasteiger partial charge in [-0.25, -0.2) is 13.3 Å². The van der Waals surface area contributed by atoms with Crippen LogP contribution in [0.25, 0.3) is 0 Å². The Morgan fingerprint density at radius 2 is 1.67 bits per heavy atom. The van der Waals surface area contributed by atoms with Gasteiger partial charge in [0.15, 0.2) is 0 Å². The third-order valence-corrected chi connectivity index (χ3v) is 8.39. The first-order chi connectivity index (χ1) is 11.5. The van der Waals surface area contributed by atoms with Crippen LogP contribution in [0.3, 0.4) is 0 Å². The maximum atomic E-state index is 11.8. The first-order valence-electron chi connectivity index (χ1n) is 8.37. The van der Waals surface area contributed by atoms with Crippen molar-refractivity contribution < 1.29 is 17.6 Å². The molecular weight excluding hydrogens is 364 g/mol. The Morgan fingerprint density at radius 3 is 2.38 bits per heavy atom. The van der Waals surface area contributed by atoms with Gasteiger partial charge in [0, 0.05) is 17.8 Å². The molecule has 0 aliphatic rings. The van der Waals surface area contributed by atoms with E-state index in [0.717, 1.165) is 41.2 Å². The van der Waals surface area contributed by atoms with Crippen LogP contribution < -0.4 is 0 Å². The second-order valence-electron chi connectivity index (χ2n) is 5.70. The minimum atomic E-state index is -3.16. The van der Waals surface area contributed by atoms with E-state index in [1.54, 1.807) is 0 Å². The topological polar surface area (TPSA) is 52.6 Å². The Hall–Kier alpha value is -0.210. The zero-order chi connectivity index (χ0) is 17.7. The van der Waals surface area contributed by atoms with Crippen molar-refractivity contribution in [2.75, 3.05) is 10.8 Å². The molecule has 0 heterocycles. The minimum Gasteiger partial charge on any atom is -0.219 e. The quantitative estimate of drug-likeness (QED) is 0.137. The van der Waals surface area contributed by atoms with Crippen LogP contribution in [-0.2, 0) is 24.7 Å². The summed E-state index contributed by atoms with van der Waals surface area (Å²) in [5.74, 6) is 0.652. The lowest BCUT2D eigenvalue weighted by Gasteiger charge is -2.05. The third kappa shape index (κ3) is 11.4. The van der Waals surface area contributed by atoms with Gasteiger partial charge in [-0.1, -0.05) is 68.9 Å². The van der Waals surface area contributed by atoms with E-state index in [0.29, 0.717) is 12.4 Å². The molecule has 0 fully saturated rings. The monoisotopic (exact) mass is 392 g/mol. The SMILES string of the molecule is CCCCCCCCSS(=O)(=O)CSOOCc1ccc(C)cc1. The molecule has 0 atom stereocenters. The molecule has 0 radical (unpaired) electrons. The first kappa shape index (κ1) is 21.8. The summed E-state index contributed by atoms with van der Waals surface area (Å²) >= 11 is 0.826. The van der Waals surface area contributed by atoms with E-state index < -0.39 is 8.87 Å². The smallest absolute Gasteiger partial charge is 0.213 e. The number of aryl methyl sites for hydroxylation is 1.